The average Bonchev–Trinajstić information content (AvgIpc) is 3.71. The maximum absolute atomic E-state index is 13.9. The van der Waals surface area contributed by atoms with Crippen LogP contribution in [0.4, 0.5) is 0 Å². The number of amides is 1. The molecule has 0 saturated carbocycles. The average molecular weight is 589 g/mol. The van der Waals surface area contributed by atoms with Crippen LogP contribution in [0.5, 0.6) is 17.2 Å². The van der Waals surface area contributed by atoms with Gasteiger partial charge in [-0.05, 0) is 53.4 Å². The van der Waals surface area contributed by atoms with Gasteiger partial charge in [0.2, 0.25) is 12.7 Å². The first-order chi connectivity index (χ1) is 21.6. The van der Waals surface area contributed by atoms with Crippen LogP contribution in [0.3, 0.4) is 0 Å². The largest absolute Gasteiger partial charge is 0.485 e. The molecule has 8 heteroatoms. The Morgan fingerprint density at radius 1 is 0.886 bits per heavy atom. The van der Waals surface area contributed by atoms with Gasteiger partial charge in [-0.15, -0.1) is 0 Å². The topological polar surface area (TPSA) is 68.5 Å². The van der Waals surface area contributed by atoms with Gasteiger partial charge in [-0.25, -0.2) is 4.98 Å². The minimum Gasteiger partial charge on any atom is -0.485 e. The van der Waals surface area contributed by atoms with E-state index in [0.717, 1.165) is 64.9 Å². The van der Waals surface area contributed by atoms with Gasteiger partial charge in [0.1, 0.15) is 6.61 Å². The van der Waals surface area contributed by atoms with Crippen LogP contribution in [0.15, 0.2) is 97.3 Å². The van der Waals surface area contributed by atoms with Gasteiger partial charge in [0.15, 0.2) is 22.9 Å². The number of rotatable bonds is 9. The molecule has 1 atom stereocenters. The molecule has 1 amide bonds. The van der Waals surface area contributed by atoms with Gasteiger partial charge in [0.05, 0.1) is 5.69 Å². The number of carbonyl (C=O) groups is 1. The third-order valence-corrected chi connectivity index (χ3v) is 8.63. The van der Waals surface area contributed by atoms with E-state index in [-0.39, 0.29) is 18.6 Å². The Kier molecular flexibility index (Phi) is 7.90. The number of nitrogens with zero attached hydrogens (tertiary/aromatic N) is 4. The van der Waals surface area contributed by atoms with Gasteiger partial charge in [-0.3, -0.25) is 9.69 Å². The highest BCUT2D eigenvalue weighted by atomic mass is 16.7. The standard InChI is InChI=1S/C36H36N4O4/c1-26-8-5-6-11-29(26)30(31-22-37-36-33(12-7-15-40(31)36)42-24-27-9-3-2-4-10-27)21-35(41)39-18-16-38(17-19-39)23-28-13-14-32-34(20-28)44-25-43-32/h2-15,20,22,30H,16-19,21,23-25H2,1H3. The smallest absolute Gasteiger partial charge is 0.231 e. The fourth-order valence-corrected chi connectivity index (χ4v) is 6.22. The number of fused-ring (bicyclic) bond motifs is 2. The van der Waals surface area contributed by atoms with Crippen LogP contribution >= 0.6 is 0 Å². The third kappa shape index (κ3) is 5.85. The van der Waals surface area contributed by atoms with Crippen LogP contribution in [0, 0.1) is 6.92 Å². The van der Waals surface area contributed by atoms with Crippen molar-refractivity contribution < 1.29 is 19.0 Å². The summed E-state index contributed by atoms with van der Waals surface area (Å²) in [5, 5.41) is 0. The van der Waals surface area contributed by atoms with Gasteiger partial charge in [-0.1, -0.05) is 60.7 Å². The number of aryl methyl sites for hydroxylation is 1. The number of aromatic nitrogens is 2. The second-order valence-corrected chi connectivity index (χ2v) is 11.5. The summed E-state index contributed by atoms with van der Waals surface area (Å²) in [4.78, 5) is 23.1. The third-order valence-electron chi connectivity index (χ3n) is 8.63. The number of ether oxygens (including phenoxy) is 3. The second-order valence-electron chi connectivity index (χ2n) is 11.5. The molecule has 3 aromatic carbocycles. The number of carbonyl (C=O) groups excluding carboxylic acids is 1. The summed E-state index contributed by atoms with van der Waals surface area (Å²) < 4.78 is 19.3. The van der Waals surface area contributed by atoms with Crippen molar-refractivity contribution in [2.24, 2.45) is 0 Å². The van der Waals surface area contributed by atoms with E-state index < -0.39 is 0 Å². The normalized spacial score (nSPS) is 15.4. The lowest BCUT2D eigenvalue weighted by Crippen LogP contribution is -2.48. The predicted octanol–water partition coefficient (Wildman–Crippen LogP) is 5.82. The van der Waals surface area contributed by atoms with Crippen LogP contribution in [0.2, 0.25) is 0 Å². The number of imidazole rings is 1. The minimum absolute atomic E-state index is 0.144. The molecular formula is C36H36N4O4. The maximum Gasteiger partial charge on any atom is 0.231 e. The molecule has 0 aliphatic carbocycles. The van der Waals surface area contributed by atoms with Gasteiger partial charge in [0, 0.05) is 57.5 Å². The summed E-state index contributed by atoms with van der Waals surface area (Å²) in [7, 11) is 0. The van der Waals surface area contributed by atoms with E-state index in [2.05, 4.69) is 40.5 Å². The highest BCUT2D eigenvalue weighted by Gasteiger charge is 2.28. The molecule has 44 heavy (non-hydrogen) atoms. The zero-order valence-electron chi connectivity index (χ0n) is 24.9. The molecule has 5 aromatic rings. The number of piperazine rings is 1. The molecule has 1 fully saturated rings. The second kappa shape index (κ2) is 12.4. The predicted molar refractivity (Wildman–Crippen MR) is 168 cm³/mol. The summed E-state index contributed by atoms with van der Waals surface area (Å²) in [5.41, 5.74) is 6.31. The molecule has 8 nitrogen and oxygen atoms in total. The number of benzene rings is 3. The van der Waals surface area contributed by atoms with Crippen molar-refractivity contribution in [3.8, 4) is 17.2 Å². The first-order valence-corrected chi connectivity index (χ1v) is 15.2. The zero-order valence-corrected chi connectivity index (χ0v) is 24.9. The molecule has 4 heterocycles. The van der Waals surface area contributed by atoms with E-state index >= 15 is 0 Å². The Labute approximate surface area is 257 Å². The molecule has 0 spiro atoms. The van der Waals surface area contributed by atoms with Crippen LogP contribution in [-0.4, -0.2) is 58.1 Å². The van der Waals surface area contributed by atoms with Crippen molar-refractivity contribution in [3.05, 3.63) is 125 Å². The van der Waals surface area contributed by atoms with Crippen molar-refractivity contribution in [2.75, 3.05) is 33.0 Å². The highest BCUT2D eigenvalue weighted by molar-refractivity contribution is 5.78. The molecule has 7 rings (SSSR count). The molecule has 2 aromatic heterocycles. The summed E-state index contributed by atoms with van der Waals surface area (Å²) in [5.74, 6) is 2.34. The summed E-state index contributed by atoms with van der Waals surface area (Å²) in [6.45, 7) is 6.73. The van der Waals surface area contributed by atoms with E-state index in [1.54, 1.807) is 0 Å². The van der Waals surface area contributed by atoms with Crippen molar-refractivity contribution in [1.82, 2.24) is 19.2 Å². The minimum atomic E-state index is -0.144. The van der Waals surface area contributed by atoms with Gasteiger partial charge >= 0.3 is 0 Å². The summed E-state index contributed by atoms with van der Waals surface area (Å²) >= 11 is 0. The maximum atomic E-state index is 13.9. The van der Waals surface area contributed by atoms with Gasteiger partial charge in [-0.2, -0.15) is 0 Å². The molecule has 2 aliphatic heterocycles. The van der Waals surface area contributed by atoms with Crippen LogP contribution < -0.4 is 14.2 Å². The number of hydrogen-bond donors (Lipinski definition) is 0. The summed E-state index contributed by atoms with van der Waals surface area (Å²) in [6.07, 6.45) is 4.28. The Morgan fingerprint density at radius 2 is 1.68 bits per heavy atom. The first-order valence-electron chi connectivity index (χ1n) is 15.2. The van der Waals surface area contributed by atoms with E-state index in [4.69, 9.17) is 19.2 Å². The molecule has 0 bridgehead atoms. The fraction of sp³-hybridized carbons (Fsp3) is 0.278. The molecule has 224 valence electrons. The molecule has 0 N–H and O–H groups in total. The van der Waals surface area contributed by atoms with Crippen LogP contribution in [0.25, 0.3) is 5.65 Å². The lowest BCUT2D eigenvalue weighted by atomic mass is 9.89. The van der Waals surface area contributed by atoms with Gasteiger partial charge in [0.25, 0.3) is 0 Å². The number of hydrogen-bond acceptors (Lipinski definition) is 6. The quantitative estimate of drug-likeness (QED) is 0.216. The van der Waals surface area contributed by atoms with E-state index in [0.29, 0.717) is 26.1 Å². The van der Waals surface area contributed by atoms with Crippen LogP contribution in [0.1, 0.15) is 40.3 Å². The van der Waals surface area contributed by atoms with Gasteiger partial charge < -0.3 is 23.5 Å². The Hall–Kier alpha value is -4.82. The van der Waals surface area contributed by atoms with E-state index in [9.17, 15) is 4.79 Å². The lowest BCUT2D eigenvalue weighted by molar-refractivity contribution is -0.133. The first kappa shape index (κ1) is 28.0. The lowest BCUT2D eigenvalue weighted by Gasteiger charge is -2.35. The Morgan fingerprint density at radius 3 is 2.52 bits per heavy atom. The van der Waals surface area contributed by atoms with Crippen molar-refractivity contribution >= 4 is 11.6 Å². The molecule has 1 unspecified atom stereocenters. The fourth-order valence-electron chi connectivity index (χ4n) is 6.22. The van der Waals surface area contributed by atoms with Crippen molar-refractivity contribution in [3.63, 3.8) is 0 Å². The Balaban J connectivity index is 1.07. The SMILES string of the molecule is Cc1ccccc1C(CC(=O)N1CCN(Cc2ccc3c(c2)OCO3)CC1)c1cnc2c(OCc3ccccc3)cccn12. The molecule has 0 radical (unpaired) electrons. The highest BCUT2D eigenvalue weighted by Crippen LogP contribution is 2.34. The molecule has 2 aliphatic rings. The van der Waals surface area contributed by atoms with Crippen molar-refractivity contribution in [1.29, 1.82) is 0 Å². The molecule has 1 saturated heterocycles. The van der Waals surface area contributed by atoms with Crippen LogP contribution in [-0.2, 0) is 17.9 Å². The van der Waals surface area contributed by atoms with E-state index in [1.165, 1.54) is 5.56 Å². The number of pyridine rings is 1. The summed E-state index contributed by atoms with van der Waals surface area (Å²) in [6, 6.07) is 28.5. The zero-order chi connectivity index (χ0) is 29.9. The van der Waals surface area contributed by atoms with Crippen molar-refractivity contribution in [2.45, 2.75) is 32.4 Å². The Bertz CT molecular complexity index is 1760. The monoisotopic (exact) mass is 588 g/mol. The van der Waals surface area contributed by atoms with E-state index in [1.807, 2.05) is 78.0 Å². The molecular weight excluding hydrogens is 552 g/mol.